The SMILES string of the molecule is COCCNCc1cn[nH]c1-c1cc(C)c(F)c(C)c1. The van der Waals surface area contributed by atoms with Gasteiger partial charge in [-0.25, -0.2) is 4.39 Å². The number of H-pyrrole nitrogens is 1. The second-order valence-corrected chi connectivity index (χ2v) is 4.86. The molecule has 0 spiro atoms. The van der Waals surface area contributed by atoms with Gasteiger partial charge < -0.3 is 10.1 Å². The highest BCUT2D eigenvalue weighted by Gasteiger charge is 2.11. The van der Waals surface area contributed by atoms with Gasteiger partial charge in [0.05, 0.1) is 18.5 Å². The van der Waals surface area contributed by atoms with Gasteiger partial charge in [-0.2, -0.15) is 5.10 Å². The maximum atomic E-state index is 13.7. The summed E-state index contributed by atoms with van der Waals surface area (Å²) in [7, 11) is 1.68. The first-order chi connectivity index (χ1) is 9.63. The van der Waals surface area contributed by atoms with Gasteiger partial charge in [0.2, 0.25) is 0 Å². The molecule has 108 valence electrons. The number of hydrogen-bond donors (Lipinski definition) is 2. The van der Waals surface area contributed by atoms with E-state index in [1.807, 2.05) is 12.1 Å². The fourth-order valence-electron chi connectivity index (χ4n) is 2.18. The molecule has 1 aromatic heterocycles. The van der Waals surface area contributed by atoms with Gasteiger partial charge in [-0.1, -0.05) is 0 Å². The lowest BCUT2D eigenvalue weighted by atomic mass is 10.0. The fourth-order valence-corrected chi connectivity index (χ4v) is 2.18. The number of aromatic nitrogens is 2. The summed E-state index contributed by atoms with van der Waals surface area (Å²) >= 11 is 0. The molecule has 0 bridgehead atoms. The largest absolute Gasteiger partial charge is 0.383 e. The minimum Gasteiger partial charge on any atom is -0.383 e. The van der Waals surface area contributed by atoms with Crippen molar-refractivity contribution in [1.82, 2.24) is 15.5 Å². The summed E-state index contributed by atoms with van der Waals surface area (Å²) in [4.78, 5) is 0. The van der Waals surface area contributed by atoms with Gasteiger partial charge in [-0.15, -0.1) is 0 Å². The van der Waals surface area contributed by atoms with E-state index in [-0.39, 0.29) is 5.82 Å². The summed E-state index contributed by atoms with van der Waals surface area (Å²) in [6.45, 7) is 5.70. The molecule has 5 heteroatoms. The summed E-state index contributed by atoms with van der Waals surface area (Å²) < 4.78 is 18.7. The van der Waals surface area contributed by atoms with Crippen molar-refractivity contribution in [3.63, 3.8) is 0 Å². The Labute approximate surface area is 118 Å². The van der Waals surface area contributed by atoms with Crippen LogP contribution in [0.4, 0.5) is 4.39 Å². The highest BCUT2D eigenvalue weighted by Crippen LogP contribution is 2.25. The van der Waals surface area contributed by atoms with E-state index in [2.05, 4.69) is 15.5 Å². The molecule has 2 aromatic rings. The average Bonchev–Trinajstić information content (AvgIpc) is 2.89. The molecule has 2 N–H and O–H groups in total. The summed E-state index contributed by atoms with van der Waals surface area (Å²) in [5.74, 6) is -0.145. The molecule has 0 aliphatic carbocycles. The first-order valence-corrected chi connectivity index (χ1v) is 6.62. The molecule has 4 nitrogen and oxygen atoms in total. The number of ether oxygens (including phenoxy) is 1. The van der Waals surface area contributed by atoms with E-state index in [1.54, 1.807) is 27.2 Å². The Bertz CT molecular complexity index is 557. The van der Waals surface area contributed by atoms with Crippen molar-refractivity contribution >= 4 is 0 Å². The summed E-state index contributed by atoms with van der Waals surface area (Å²) in [5.41, 5.74) is 4.25. The number of rotatable bonds is 6. The average molecular weight is 277 g/mol. The van der Waals surface area contributed by atoms with Crippen LogP contribution in [-0.2, 0) is 11.3 Å². The Kier molecular flexibility index (Phi) is 4.87. The Balaban J connectivity index is 2.19. The minimum absolute atomic E-state index is 0.145. The number of nitrogens with zero attached hydrogens (tertiary/aromatic N) is 1. The van der Waals surface area contributed by atoms with E-state index < -0.39 is 0 Å². The number of nitrogens with one attached hydrogen (secondary N) is 2. The Hall–Kier alpha value is -1.72. The molecule has 0 fully saturated rings. The van der Waals surface area contributed by atoms with Gasteiger partial charge in [0.1, 0.15) is 5.82 Å². The molecule has 0 amide bonds. The second-order valence-electron chi connectivity index (χ2n) is 4.86. The third kappa shape index (κ3) is 3.23. The van der Waals surface area contributed by atoms with Gasteiger partial charge in [0.15, 0.2) is 0 Å². The standard InChI is InChI=1S/C15H20FN3O/c1-10-6-12(7-11(2)14(10)16)15-13(9-18-19-15)8-17-4-5-20-3/h6-7,9,17H,4-5,8H2,1-3H3,(H,18,19). The zero-order valence-corrected chi connectivity index (χ0v) is 12.1. The van der Waals surface area contributed by atoms with Gasteiger partial charge in [0.25, 0.3) is 0 Å². The molecule has 0 aliphatic heterocycles. The van der Waals surface area contributed by atoms with Crippen molar-refractivity contribution in [3.05, 3.63) is 40.8 Å². The summed E-state index contributed by atoms with van der Waals surface area (Å²) in [6.07, 6.45) is 1.79. The minimum atomic E-state index is -0.145. The van der Waals surface area contributed by atoms with Crippen LogP contribution in [0.3, 0.4) is 0 Å². The quantitative estimate of drug-likeness (QED) is 0.798. The van der Waals surface area contributed by atoms with E-state index in [4.69, 9.17) is 4.74 Å². The topological polar surface area (TPSA) is 49.9 Å². The number of hydrogen-bond acceptors (Lipinski definition) is 3. The summed E-state index contributed by atoms with van der Waals surface area (Å²) in [6, 6.07) is 3.68. The van der Waals surface area contributed by atoms with Crippen LogP contribution < -0.4 is 5.32 Å². The van der Waals surface area contributed by atoms with E-state index >= 15 is 0 Å². The Morgan fingerprint density at radius 3 is 2.65 bits per heavy atom. The van der Waals surface area contributed by atoms with Gasteiger partial charge in [0, 0.05) is 31.3 Å². The van der Waals surface area contributed by atoms with Crippen LogP contribution in [-0.4, -0.2) is 30.5 Å². The van der Waals surface area contributed by atoms with Crippen molar-refractivity contribution < 1.29 is 9.13 Å². The lowest BCUT2D eigenvalue weighted by Crippen LogP contribution is -2.18. The molecule has 0 saturated carbocycles. The number of aryl methyl sites for hydroxylation is 2. The molecule has 0 atom stereocenters. The molecule has 0 radical (unpaired) electrons. The fraction of sp³-hybridized carbons (Fsp3) is 0.400. The van der Waals surface area contributed by atoms with Crippen molar-refractivity contribution in [2.75, 3.05) is 20.3 Å². The van der Waals surface area contributed by atoms with Crippen molar-refractivity contribution in [3.8, 4) is 11.3 Å². The monoisotopic (exact) mass is 277 g/mol. The Morgan fingerprint density at radius 2 is 2.00 bits per heavy atom. The predicted octanol–water partition coefficient (Wildman–Crippen LogP) is 2.57. The third-order valence-corrected chi connectivity index (χ3v) is 3.24. The number of methoxy groups -OCH3 is 1. The van der Waals surface area contributed by atoms with Gasteiger partial charge in [-0.3, -0.25) is 5.10 Å². The molecule has 1 aromatic carbocycles. The molecular formula is C15H20FN3O. The predicted molar refractivity (Wildman–Crippen MR) is 77.0 cm³/mol. The smallest absolute Gasteiger partial charge is 0.129 e. The van der Waals surface area contributed by atoms with E-state index in [9.17, 15) is 4.39 Å². The molecule has 2 rings (SSSR count). The van der Waals surface area contributed by atoms with Crippen LogP contribution in [0.2, 0.25) is 0 Å². The molecule has 0 saturated heterocycles. The maximum absolute atomic E-state index is 13.7. The van der Waals surface area contributed by atoms with Crippen molar-refractivity contribution in [1.29, 1.82) is 0 Å². The molecule has 20 heavy (non-hydrogen) atoms. The van der Waals surface area contributed by atoms with Crippen LogP contribution in [0.15, 0.2) is 18.3 Å². The molecule has 0 unspecified atom stereocenters. The van der Waals surface area contributed by atoms with E-state index in [0.29, 0.717) is 24.3 Å². The Morgan fingerprint density at radius 1 is 1.30 bits per heavy atom. The lowest BCUT2D eigenvalue weighted by molar-refractivity contribution is 0.199. The van der Waals surface area contributed by atoms with E-state index in [1.165, 1.54) is 0 Å². The van der Waals surface area contributed by atoms with Crippen LogP contribution in [0, 0.1) is 19.7 Å². The van der Waals surface area contributed by atoms with Crippen molar-refractivity contribution in [2.45, 2.75) is 20.4 Å². The van der Waals surface area contributed by atoms with Gasteiger partial charge >= 0.3 is 0 Å². The molecule has 1 heterocycles. The highest BCUT2D eigenvalue weighted by molar-refractivity contribution is 5.64. The molecular weight excluding hydrogens is 257 g/mol. The molecule has 0 aliphatic rings. The van der Waals surface area contributed by atoms with Crippen LogP contribution in [0.1, 0.15) is 16.7 Å². The van der Waals surface area contributed by atoms with E-state index in [0.717, 1.165) is 23.4 Å². The van der Waals surface area contributed by atoms with Crippen LogP contribution in [0.25, 0.3) is 11.3 Å². The van der Waals surface area contributed by atoms with Gasteiger partial charge in [-0.05, 0) is 37.1 Å². The van der Waals surface area contributed by atoms with Crippen LogP contribution in [0.5, 0.6) is 0 Å². The third-order valence-electron chi connectivity index (χ3n) is 3.24. The first-order valence-electron chi connectivity index (χ1n) is 6.62. The first kappa shape index (κ1) is 14.7. The second kappa shape index (κ2) is 6.63. The summed E-state index contributed by atoms with van der Waals surface area (Å²) in [5, 5.41) is 10.4. The van der Waals surface area contributed by atoms with Crippen LogP contribution >= 0.6 is 0 Å². The lowest BCUT2D eigenvalue weighted by Gasteiger charge is -2.08. The zero-order valence-electron chi connectivity index (χ0n) is 12.1. The maximum Gasteiger partial charge on any atom is 0.129 e. The number of benzene rings is 1. The highest BCUT2D eigenvalue weighted by atomic mass is 19.1. The normalized spacial score (nSPS) is 11.0. The number of halogens is 1. The van der Waals surface area contributed by atoms with Crippen molar-refractivity contribution in [2.24, 2.45) is 0 Å². The zero-order chi connectivity index (χ0) is 14.5. The number of aromatic amines is 1.